The van der Waals surface area contributed by atoms with Gasteiger partial charge in [0.1, 0.15) is 0 Å². The monoisotopic (exact) mass is 258 g/mol. The third-order valence-electron chi connectivity index (χ3n) is 2.69. The fourth-order valence-corrected chi connectivity index (χ4v) is 2.25. The van der Waals surface area contributed by atoms with E-state index in [1.54, 1.807) is 27.2 Å². The van der Waals surface area contributed by atoms with Crippen LogP contribution in [-0.4, -0.2) is 25.4 Å². The van der Waals surface area contributed by atoms with Crippen molar-refractivity contribution >= 4 is 11.6 Å². The van der Waals surface area contributed by atoms with Gasteiger partial charge in [-0.2, -0.15) is 0 Å². The van der Waals surface area contributed by atoms with Crippen molar-refractivity contribution in [2.45, 2.75) is 32.8 Å². The lowest BCUT2D eigenvalue weighted by atomic mass is 9.98. The van der Waals surface area contributed by atoms with Crippen molar-refractivity contribution in [1.82, 2.24) is 0 Å². The molecule has 0 aliphatic rings. The fourth-order valence-electron chi connectivity index (χ4n) is 1.96. The molecule has 0 spiro atoms. The van der Waals surface area contributed by atoms with Gasteiger partial charge in [0, 0.05) is 16.7 Å². The second-order valence-corrected chi connectivity index (χ2v) is 4.36. The van der Waals surface area contributed by atoms with Crippen molar-refractivity contribution in [3.63, 3.8) is 0 Å². The SMILES string of the molecule is CCc1c(CC(C)O)c(Cl)cc(OC)c1OC. The molecular weight excluding hydrogens is 240 g/mol. The highest BCUT2D eigenvalue weighted by molar-refractivity contribution is 6.31. The van der Waals surface area contributed by atoms with Crippen molar-refractivity contribution < 1.29 is 14.6 Å². The number of rotatable bonds is 5. The highest BCUT2D eigenvalue weighted by Gasteiger charge is 2.18. The first-order valence-corrected chi connectivity index (χ1v) is 6.03. The average molecular weight is 259 g/mol. The third-order valence-corrected chi connectivity index (χ3v) is 3.02. The minimum absolute atomic E-state index is 0.434. The number of aliphatic hydroxyl groups is 1. The zero-order chi connectivity index (χ0) is 13.0. The standard InChI is InChI=1S/C13H19ClO3/c1-5-9-10(6-8(2)15)11(14)7-12(16-3)13(9)17-4/h7-8,15H,5-6H2,1-4H3. The summed E-state index contributed by atoms with van der Waals surface area (Å²) in [7, 11) is 3.19. The van der Waals surface area contributed by atoms with E-state index in [-0.39, 0.29) is 0 Å². The third kappa shape index (κ3) is 3.05. The molecule has 0 aliphatic heterocycles. The van der Waals surface area contributed by atoms with Crippen LogP contribution in [0, 0.1) is 0 Å². The molecule has 96 valence electrons. The molecule has 0 aromatic heterocycles. The van der Waals surface area contributed by atoms with Gasteiger partial charge in [0.15, 0.2) is 11.5 Å². The van der Waals surface area contributed by atoms with Gasteiger partial charge >= 0.3 is 0 Å². The Kier molecular flexibility index (Phi) is 5.09. The average Bonchev–Trinajstić information content (AvgIpc) is 2.30. The van der Waals surface area contributed by atoms with Crippen LogP contribution in [0.5, 0.6) is 11.5 Å². The summed E-state index contributed by atoms with van der Waals surface area (Å²) in [4.78, 5) is 0. The van der Waals surface area contributed by atoms with Crippen LogP contribution in [0.1, 0.15) is 25.0 Å². The number of hydrogen-bond acceptors (Lipinski definition) is 3. The first-order chi connectivity index (χ1) is 8.04. The van der Waals surface area contributed by atoms with Crippen LogP contribution in [0.4, 0.5) is 0 Å². The Morgan fingerprint density at radius 3 is 2.35 bits per heavy atom. The molecule has 1 unspecified atom stereocenters. The van der Waals surface area contributed by atoms with E-state index in [0.29, 0.717) is 22.9 Å². The molecule has 1 N–H and O–H groups in total. The zero-order valence-corrected chi connectivity index (χ0v) is 11.5. The maximum atomic E-state index is 9.51. The fraction of sp³-hybridized carbons (Fsp3) is 0.538. The van der Waals surface area contributed by atoms with E-state index in [1.807, 2.05) is 6.92 Å². The van der Waals surface area contributed by atoms with Crippen LogP contribution in [0.2, 0.25) is 5.02 Å². The normalized spacial score (nSPS) is 12.4. The van der Waals surface area contributed by atoms with Crippen LogP contribution >= 0.6 is 11.6 Å². The van der Waals surface area contributed by atoms with Crippen LogP contribution in [0.15, 0.2) is 6.07 Å². The maximum Gasteiger partial charge on any atom is 0.164 e. The molecule has 1 rings (SSSR count). The maximum absolute atomic E-state index is 9.51. The molecule has 0 fully saturated rings. The minimum atomic E-state index is -0.434. The predicted molar refractivity (Wildman–Crippen MR) is 69.3 cm³/mol. The Balaban J connectivity index is 3.38. The number of halogens is 1. The summed E-state index contributed by atoms with van der Waals surface area (Å²) in [6.45, 7) is 3.77. The number of benzene rings is 1. The van der Waals surface area contributed by atoms with Crippen molar-refractivity contribution in [1.29, 1.82) is 0 Å². The summed E-state index contributed by atoms with van der Waals surface area (Å²) in [5.74, 6) is 1.33. The first-order valence-electron chi connectivity index (χ1n) is 5.65. The van der Waals surface area contributed by atoms with Crippen molar-refractivity contribution in [3.8, 4) is 11.5 Å². The van der Waals surface area contributed by atoms with Gasteiger partial charge in [0.05, 0.1) is 20.3 Å². The molecule has 0 saturated carbocycles. The van der Waals surface area contributed by atoms with Crippen molar-refractivity contribution in [2.75, 3.05) is 14.2 Å². The summed E-state index contributed by atoms with van der Waals surface area (Å²) < 4.78 is 10.6. The van der Waals surface area contributed by atoms with Crippen LogP contribution in [0.3, 0.4) is 0 Å². The first kappa shape index (κ1) is 14.1. The number of aliphatic hydroxyl groups excluding tert-OH is 1. The highest BCUT2D eigenvalue weighted by Crippen LogP contribution is 2.38. The Bertz CT molecular complexity index is 389. The number of methoxy groups -OCH3 is 2. The van der Waals surface area contributed by atoms with E-state index in [9.17, 15) is 5.11 Å². The molecule has 0 saturated heterocycles. The van der Waals surface area contributed by atoms with E-state index >= 15 is 0 Å². The quantitative estimate of drug-likeness (QED) is 0.883. The smallest absolute Gasteiger partial charge is 0.164 e. The zero-order valence-electron chi connectivity index (χ0n) is 10.7. The van der Waals surface area contributed by atoms with Crippen LogP contribution in [-0.2, 0) is 12.8 Å². The summed E-state index contributed by atoms with van der Waals surface area (Å²) in [5, 5.41) is 10.1. The Labute approximate surface area is 107 Å². The Morgan fingerprint density at radius 2 is 1.94 bits per heavy atom. The second-order valence-electron chi connectivity index (χ2n) is 3.96. The second kappa shape index (κ2) is 6.12. The van der Waals surface area contributed by atoms with Crippen LogP contribution < -0.4 is 9.47 Å². The molecule has 1 aromatic rings. The Morgan fingerprint density at radius 1 is 1.29 bits per heavy atom. The lowest BCUT2D eigenvalue weighted by molar-refractivity contribution is 0.195. The van der Waals surface area contributed by atoms with Gasteiger partial charge in [-0.25, -0.2) is 0 Å². The largest absolute Gasteiger partial charge is 0.493 e. The molecule has 0 heterocycles. The van der Waals surface area contributed by atoms with E-state index in [4.69, 9.17) is 21.1 Å². The van der Waals surface area contributed by atoms with E-state index in [2.05, 4.69) is 0 Å². The number of hydrogen-bond donors (Lipinski definition) is 1. The topological polar surface area (TPSA) is 38.7 Å². The van der Waals surface area contributed by atoms with E-state index in [0.717, 1.165) is 17.5 Å². The minimum Gasteiger partial charge on any atom is -0.493 e. The van der Waals surface area contributed by atoms with Crippen molar-refractivity contribution in [2.24, 2.45) is 0 Å². The van der Waals surface area contributed by atoms with E-state index in [1.165, 1.54) is 0 Å². The van der Waals surface area contributed by atoms with Gasteiger partial charge in [-0.1, -0.05) is 18.5 Å². The lowest BCUT2D eigenvalue weighted by Gasteiger charge is -2.18. The molecule has 0 aliphatic carbocycles. The van der Waals surface area contributed by atoms with Gasteiger partial charge in [-0.3, -0.25) is 0 Å². The lowest BCUT2D eigenvalue weighted by Crippen LogP contribution is -2.09. The summed E-state index contributed by atoms with van der Waals surface area (Å²) in [6.07, 6.45) is 0.862. The predicted octanol–water partition coefficient (Wildman–Crippen LogP) is 2.84. The van der Waals surface area contributed by atoms with Crippen molar-refractivity contribution in [3.05, 3.63) is 22.2 Å². The Hall–Kier alpha value is -0.930. The summed E-state index contributed by atoms with van der Waals surface area (Å²) in [5.41, 5.74) is 1.93. The van der Waals surface area contributed by atoms with Gasteiger partial charge in [0.2, 0.25) is 0 Å². The molecule has 3 nitrogen and oxygen atoms in total. The van der Waals surface area contributed by atoms with Gasteiger partial charge in [0.25, 0.3) is 0 Å². The summed E-state index contributed by atoms with van der Waals surface area (Å²) in [6, 6.07) is 1.73. The molecule has 1 atom stereocenters. The van der Waals surface area contributed by atoms with Gasteiger partial charge in [-0.15, -0.1) is 0 Å². The molecule has 0 bridgehead atoms. The molecule has 4 heteroatoms. The molecular formula is C13H19ClO3. The molecule has 1 aromatic carbocycles. The van der Waals surface area contributed by atoms with Gasteiger partial charge in [-0.05, 0) is 25.3 Å². The molecule has 17 heavy (non-hydrogen) atoms. The summed E-state index contributed by atoms with van der Waals surface area (Å²) >= 11 is 6.22. The molecule has 0 amide bonds. The molecule has 0 radical (unpaired) electrons. The highest BCUT2D eigenvalue weighted by atomic mass is 35.5. The number of ether oxygens (including phenoxy) is 2. The van der Waals surface area contributed by atoms with Gasteiger partial charge < -0.3 is 14.6 Å². The van der Waals surface area contributed by atoms with E-state index < -0.39 is 6.10 Å². The van der Waals surface area contributed by atoms with Crippen LogP contribution in [0.25, 0.3) is 0 Å².